The molecule has 0 aromatic carbocycles. The first-order valence-corrected chi connectivity index (χ1v) is 19.5. The highest BCUT2D eigenvalue weighted by molar-refractivity contribution is 6.22. The lowest BCUT2D eigenvalue weighted by Crippen LogP contribution is -2.14. The summed E-state index contributed by atoms with van der Waals surface area (Å²) in [5.74, 6) is -1.80. The zero-order chi connectivity index (χ0) is 42.7. The Morgan fingerprint density at radius 2 is 1.03 bits per heavy atom. The summed E-state index contributed by atoms with van der Waals surface area (Å²) in [6.45, 7) is 11.8. The molecule has 14 heteroatoms. The van der Waals surface area contributed by atoms with E-state index in [4.69, 9.17) is 33.7 Å². The number of nitrogens with one attached hydrogen (secondary N) is 2. The van der Waals surface area contributed by atoms with Crippen LogP contribution in [0.5, 0.6) is 0 Å². The van der Waals surface area contributed by atoms with Gasteiger partial charge in [0.25, 0.3) is 0 Å². The minimum atomic E-state index is -0.434. The van der Waals surface area contributed by atoms with Gasteiger partial charge in [-0.2, -0.15) is 0 Å². The number of rotatable bonds is 19. The van der Waals surface area contributed by atoms with Crippen LogP contribution in [-0.2, 0) is 60.5 Å². The molecule has 0 amide bonds. The second-order valence-electron chi connectivity index (χ2n) is 14.2. The Morgan fingerprint density at radius 1 is 0.552 bits per heavy atom. The van der Waals surface area contributed by atoms with Gasteiger partial charge in [-0.25, -0.2) is 0 Å². The van der Waals surface area contributed by atoms with Gasteiger partial charge in [-0.15, -0.1) is 0 Å². The maximum Gasteiger partial charge on any atom is 0.310 e. The summed E-state index contributed by atoms with van der Waals surface area (Å²) in [4.78, 5) is 79.2. The van der Waals surface area contributed by atoms with Crippen LogP contribution in [-0.4, -0.2) is 86.3 Å². The number of hydrogen-bond acceptors (Lipinski definition) is 12. The van der Waals surface area contributed by atoms with Crippen LogP contribution >= 0.6 is 0 Å². The van der Waals surface area contributed by atoms with Crippen molar-refractivity contribution in [3.63, 3.8) is 0 Å². The van der Waals surface area contributed by atoms with E-state index in [1.807, 2.05) is 46.8 Å². The number of esters is 5. The van der Waals surface area contributed by atoms with Crippen LogP contribution < -0.4 is 0 Å². The molecule has 0 spiro atoms. The number of ether oxygens (including phenoxy) is 5. The SMILES string of the molecule is CCOC(=O)CC1=C(CCC(=O)OC)/C(=C/c2[nH]c(C)c(CCC(=O)OC)c2C)N=C1CC1=N/C(=C/c2[nH]c(C)c(C)c2CCC(=O)OC)C(CCC(=O)OC)=C1C. The Hall–Kier alpha value is -5.79. The van der Waals surface area contributed by atoms with Gasteiger partial charge >= 0.3 is 29.8 Å². The minimum absolute atomic E-state index is 0.0587. The monoisotopic (exact) mass is 800 g/mol. The number of aromatic nitrogens is 2. The van der Waals surface area contributed by atoms with E-state index in [0.717, 1.165) is 56.2 Å². The molecule has 0 fully saturated rings. The van der Waals surface area contributed by atoms with E-state index >= 15 is 0 Å². The first kappa shape index (κ1) is 44.9. The maximum atomic E-state index is 13.2. The molecule has 0 saturated heterocycles. The maximum absolute atomic E-state index is 13.2. The molecule has 2 aromatic rings. The predicted octanol–water partition coefficient (Wildman–Crippen LogP) is 6.94. The summed E-state index contributed by atoms with van der Waals surface area (Å²) in [5.41, 5.74) is 13.0. The van der Waals surface area contributed by atoms with Crippen molar-refractivity contribution in [3.8, 4) is 0 Å². The summed E-state index contributed by atoms with van der Waals surface area (Å²) in [7, 11) is 5.42. The summed E-state index contributed by atoms with van der Waals surface area (Å²) >= 11 is 0. The number of aliphatic imine (C=N–C) groups is 2. The molecular formula is C44H56N4O10. The van der Waals surface area contributed by atoms with Gasteiger partial charge in [-0.05, 0) is 124 Å². The van der Waals surface area contributed by atoms with E-state index in [0.29, 0.717) is 53.2 Å². The van der Waals surface area contributed by atoms with Crippen LogP contribution in [0.1, 0.15) is 110 Å². The minimum Gasteiger partial charge on any atom is -0.469 e. The second kappa shape index (κ2) is 20.6. The first-order valence-electron chi connectivity index (χ1n) is 19.5. The summed E-state index contributed by atoms with van der Waals surface area (Å²) < 4.78 is 25.1. The molecule has 0 atom stereocenters. The predicted molar refractivity (Wildman–Crippen MR) is 220 cm³/mol. The zero-order valence-corrected chi connectivity index (χ0v) is 35.4. The van der Waals surface area contributed by atoms with E-state index in [1.54, 1.807) is 6.92 Å². The smallest absolute Gasteiger partial charge is 0.310 e. The Morgan fingerprint density at radius 3 is 1.60 bits per heavy atom. The van der Waals surface area contributed by atoms with E-state index in [-0.39, 0.29) is 69.5 Å². The lowest BCUT2D eigenvalue weighted by molar-refractivity contribution is -0.142. The molecule has 2 aromatic heterocycles. The number of aryl methyl sites for hydroxylation is 2. The third kappa shape index (κ3) is 11.0. The summed E-state index contributed by atoms with van der Waals surface area (Å²) in [6.07, 6.45) is 6.23. The molecule has 0 aliphatic carbocycles. The lowest BCUT2D eigenvalue weighted by atomic mass is 9.92. The molecule has 0 bridgehead atoms. The quantitative estimate of drug-likeness (QED) is 0.111. The average molecular weight is 801 g/mol. The molecule has 14 nitrogen and oxygen atoms in total. The van der Waals surface area contributed by atoms with Crippen molar-refractivity contribution in [2.45, 2.75) is 106 Å². The van der Waals surface area contributed by atoms with E-state index in [2.05, 4.69) is 9.97 Å². The topological polar surface area (TPSA) is 188 Å². The fourth-order valence-corrected chi connectivity index (χ4v) is 7.32. The molecule has 2 aliphatic heterocycles. The Labute approximate surface area is 339 Å². The molecule has 0 unspecified atom stereocenters. The van der Waals surface area contributed by atoms with Gasteiger partial charge in [-0.1, -0.05) is 0 Å². The number of aromatic amines is 2. The average Bonchev–Trinajstić information content (AvgIpc) is 3.86. The molecule has 0 saturated carbocycles. The van der Waals surface area contributed by atoms with Gasteiger partial charge in [0.15, 0.2) is 0 Å². The van der Waals surface area contributed by atoms with Crippen LogP contribution in [0.3, 0.4) is 0 Å². The van der Waals surface area contributed by atoms with Gasteiger partial charge < -0.3 is 33.7 Å². The zero-order valence-electron chi connectivity index (χ0n) is 35.4. The van der Waals surface area contributed by atoms with Crippen molar-refractivity contribution >= 4 is 53.4 Å². The van der Waals surface area contributed by atoms with Crippen molar-refractivity contribution in [1.29, 1.82) is 0 Å². The highest BCUT2D eigenvalue weighted by Gasteiger charge is 2.31. The van der Waals surface area contributed by atoms with Gasteiger partial charge in [0.2, 0.25) is 0 Å². The first-order chi connectivity index (χ1) is 27.6. The number of carbonyl (C=O) groups is 5. The van der Waals surface area contributed by atoms with Crippen LogP contribution in [0, 0.1) is 27.7 Å². The van der Waals surface area contributed by atoms with Crippen LogP contribution in [0.4, 0.5) is 0 Å². The van der Waals surface area contributed by atoms with E-state index in [9.17, 15) is 24.0 Å². The number of H-pyrrole nitrogens is 2. The van der Waals surface area contributed by atoms with Crippen molar-refractivity contribution in [3.05, 3.63) is 78.7 Å². The van der Waals surface area contributed by atoms with E-state index < -0.39 is 11.9 Å². The van der Waals surface area contributed by atoms with Crippen LogP contribution in [0.2, 0.25) is 0 Å². The normalized spacial score (nSPS) is 15.3. The third-order valence-electron chi connectivity index (χ3n) is 10.8. The number of methoxy groups -OCH3 is 4. The Bertz CT molecular complexity index is 2140. The number of hydrogen-bond donors (Lipinski definition) is 2. The number of carbonyl (C=O) groups excluding carboxylic acids is 5. The van der Waals surface area contributed by atoms with Gasteiger partial charge in [-0.3, -0.25) is 34.0 Å². The second-order valence-corrected chi connectivity index (χ2v) is 14.2. The molecule has 4 rings (SSSR count). The van der Waals surface area contributed by atoms with Gasteiger partial charge in [0.05, 0.1) is 64.3 Å². The fourth-order valence-electron chi connectivity index (χ4n) is 7.32. The number of allylic oxidation sites excluding steroid dienone is 3. The third-order valence-corrected chi connectivity index (χ3v) is 10.8. The molecule has 4 heterocycles. The van der Waals surface area contributed by atoms with Gasteiger partial charge in [0.1, 0.15) is 0 Å². The molecular weight excluding hydrogens is 745 g/mol. The highest BCUT2D eigenvalue weighted by Crippen LogP contribution is 2.38. The Kier molecular flexibility index (Phi) is 15.9. The highest BCUT2D eigenvalue weighted by atomic mass is 16.5. The molecule has 2 aliphatic rings. The molecule has 2 N–H and O–H groups in total. The van der Waals surface area contributed by atoms with Gasteiger partial charge in [0, 0.05) is 54.9 Å². The van der Waals surface area contributed by atoms with Crippen molar-refractivity contribution in [1.82, 2.24) is 9.97 Å². The fraction of sp³-hybridized carbons (Fsp3) is 0.477. The standard InChI is InChI=1S/C44H56N4O10/c1-11-58-44(53)20-33-32(15-19-43(52)57-10)38(21-34-25(3)29(28(6)46-34)12-16-40(49)54-7)48-39(33)22-35-26(4)31(14-18-42(51)56-9)37(47-35)23-36-30(13-17-41(50)55-8)24(2)27(5)45-36/h21,23,45-46H,11-20,22H2,1-10H3/b37-23+,38-21-. The van der Waals surface area contributed by atoms with Crippen LogP contribution in [0.25, 0.3) is 12.2 Å². The summed E-state index contributed by atoms with van der Waals surface area (Å²) in [6, 6.07) is 0. The largest absolute Gasteiger partial charge is 0.469 e. The van der Waals surface area contributed by atoms with E-state index in [1.165, 1.54) is 28.4 Å². The molecule has 58 heavy (non-hydrogen) atoms. The Balaban J connectivity index is 1.86. The lowest BCUT2D eigenvalue weighted by Gasteiger charge is -2.11. The van der Waals surface area contributed by atoms with Crippen molar-refractivity contribution in [2.24, 2.45) is 9.98 Å². The molecule has 0 radical (unpaired) electrons. The summed E-state index contributed by atoms with van der Waals surface area (Å²) in [5, 5.41) is 0. The van der Waals surface area contributed by atoms with Crippen molar-refractivity contribution < 1.29 is 47.7 Å². The van der Waals surface area contributed by atoms with Crippen LogP contribution in [0.15, 0.2) is 43.7 Å². The van der Waals surface area contributed by atoms with Crippen molar-refractivity contribution in [2.75, 3.05) is 35.0 Å². The number of nitrogens with zero attached hydrogens (tertiary/aromatic N) is 2. The molecule has 312 valence electrons.